The number of hydrogen-bond acceptors (Lipinski definition) is 4. The Morgan fingerprint density at radius 1 is 1.43 bits per heavy atom. The first-order valence-corrected chi connectivity index (χ1v) is 8.01. The van der Waals surface area contributed by atoms with E-state index in [-0.39, 0.29) is 23.8 Å². The number of likely N-dealkylation sites (N-methyl/N-ethyl adjacent to an activating group) is 2. The van der Waals surface area contributed by atoms with E-state index < -0.39 is 0 Å². The Bertz CT molecular complexity index is 367. The van der Waals surface area contributed by atoms with Crippen LogP contribution >= 0.6 is 0 Å². The summed E-state index contributed by atoms with van der Waals surface area (Å²) in [4.78, 5) is 16.0. The summed E-state index contributed by atoms with van der Waals surface area (Å²) < 4.78 is 0. The number of aliphatic hydroxyl groups excluding tert-OH is 1. The lowest BCUT2D eigenvalue weighted by Crippen LogP contribution is -2.43. The van der Waals surface area contributed by atoms with E-state index >= 15 is 0 Å². The van der Waals surface area contributed by atoms with Gasteiger partial charge in [0.05, 0.1) is 24.6 Å². The van der Waals surface area contributed by atoms with Gasteiger partial charge in [-0.15, -0.1) is 0 Å². The molecule has 1 saturated carbocycles. The third kappa shape index (κ3) is 6.03. The van der Waals surface area contributed by atoms with Gasteiger partial charge in [0.1, 0.15) is 0 Å². The molecule has 0 aliphatic heterocycles. The summed E-state index contributed by atoms with van der Waals surface area (Å²) in [5, 5.41) is 18.9. The second-order valence-corrected chi connectivity index (χ2v) is 6.27. The molecule has 1 aliphatic carbocycles. The molecule has 21 heavy (non-hydrogen) atoms. The van der Waals surface area contributed by atoms with Gasteiger partial charge in [-0.3, -0.25) is 9.69 Å². The predicted molar refractivity (Wildman–Crippen MR) is 82.5 cm³/mol. The molecule has 1 rings (SSSR count). The largest absolute Gasteiger partial charge is 0.393 e. The molecular formula is C16H29N3O2. The Morgan fingerprint density at radius 2 is 2.10 bits per heavy atom. The van der Waals surface area contributed by atoms with Crippen LogP contribution < -0.4 is 0 Å². The van der Waals surface area contributed by atoms with Crippen molar-refractivity contribution in [3.05, 3.63) is 0 Å². The summed E-state index contributed by atoms with van der Waals surface area (Å²) in [5.41, 5.74) is 0. The number of hydrogen-bond donors (Lipinski definition) is 1. The molecule has 0 heterocycles. The molecule has 0 aromatic rings. The molecule has 0 spiro atoms. The first-order valence-electron chi connectivity index (χ1n) is 8.01. The second-order valence-electron chi connectivity index (χ2n) is 6.27. The van der Waals surface area contributed by atoms with Crippen molar-refractivity contribution in [2.75, 3.05) is 33.2 Å². The van der Waals surface area contributed by atoms with E-state index in [9.17, 15) is 9.90 Å². The number of aliphatic hydroxyl groups is 1. The van der Waals surface area contributed by atoms with Crippen LogP contribution in [0.15, 0.2) is 0 Å². The number of carbonyl (C=O) groups excluding carboxylic acids is 1. The fourth-order valence-electron chi connectivity index (χ4n) is 2.98. The molecule has 5 nitrogen and oxygen atoms in total. The SMILES string of the molecule is CCN(CC(C)C#N)C(=O)CN(C)CC1CCCCC1O. The maximum atomic E-state index is 12.3. The van der Waals surface area contributed by atoms with E-state index in [2.05, 4.69) is 6.07 Å². The van der Waals surface area contributed by atoms with Crippen molar-refractivity contribution in [2.45, 2.75) is 45.6 Å². The second kappa shape index (κ2) is 9.01. The number of rotatable bonds is 7. The summed E-state index contributed by atoms with van der Waals surface area (Å²) in [7, 11) is 1.93. The lowest BCUT2D eigenvalue weighted by atomic mass is 9.86. The first kappa shape index (κ1) is 17.9. The third-order valence-electron chi connectivity index (χ3n) is 4.27. The average molecular weight is 295 g/mol. The van der Waals surface area contributed by atoms with Crippen LogP contribution in [0.3, 0.4) is 0 Å². The highest BCUT2D eigenvalue weighted by Crippen LogP contribution is 2.24. The molecule has 0 aromatic heterocycles. The quantitative estimate of drug-likeness (QED) is 0.772. The minimum atomic E-state index is -0.225. The third-order valence-corrected chi connectivity index (χ3v) is 4.27. The highest BCUT2D eigenvalue weighted by atomic mass is 16.3. The fraction of sp³-hybridized carbons (Fsp3) is 0.875. The molecule has 3 unspecified atom stereocenters. The van der Waals surface area contributed by atoms with Gasteiger partial charge in [0, 0.05) is 19.6 Å². The van der Waals surface area contributed by atoms with Crippen LogP contribution in [0.1, 0.15) is 39.5 Å². The van der Waals surface area contributed by atoms with E-state index in [1.807, 2.05) is 25.8 Å². The van der Waals surface area contributed by atoms with Crippen LogP contribution in [0.2, 0.25) is 0 Å². The summed E-state index contributed by atoms with van der Waals surface area (Å²) in [5.74, 6) is 0.205. The average Bonchev–Trinajstić information content (AvgIpc) is 2.46. The summed E-state index contributed by atoms with van der Waals surface area (Å²) in [6, 6.07) is 2.17. The van der Waals surface area contributed by atoms with Crippen LogP contribution in [-0.2, 0) is 4.79 Å². The van der Waals surface area contributed by atoms with Gasteiger partial charge in [0.25, 0.3) is 0 Å². The zero-order chi connectivity index (χ0) is 15.8. The van der Waals surface area contributed by atoms with Crippen molar-refractivity contribution < 1.29 is 9.90 Å². The van der Waals surface area contributed by atoms with Gasteiger partial charge < -0.3 is 10.0 Å². The minimum Gasteiger partial charge on any atom is -0.393 e. The van der Waals surface area contributed by atoms with Crippen molar-refractivity contribution in [3.8, 4) is 6.07 Å². The van der Waals surface area contributed by atoms with Gasteiger partial charge in [-0.05, 0) is 39.7 Å². The van der Waals surface area contributed by atoms with Crippen LogP contribution in [0, 0.1) is 23.2 Å². The number of carbonyl (C=O) groups is 1. The van der Waals surface area contributed by atoms with E-state index in [1.54, 1.807) is 4.90 Å². The zero-order valence-electron chi connectivity index (χ0n) is 13.6. The van der Waals surface area contributed by atoms with Gasteiger partial charge in [0.2, 0.25) is 5.91 Å². The van der Waals surface area contributed by atoms with Crippen molar-refractivity contribution >= 4 is 5.91 Å². The van der Waals surface area contributed by atoms with Crippen LogP contribution in [0.25, 0.3) is 0 Å². The van der Waals surface area contributed by atoms with Gasteiger partial charge in [-0.25, -0.2) is 0 Å². The van der Waals surface area contributed by atoms with Crippen LogP contribution in [-0.4, -0.2) is 60.1 Å². The summed E-state index contributed by atoms with van der Waals surface area (Å²) in [6.45, 7) is 6.01. The van der Waals surface area contributed by atoms with Gasteiger partial charge >= 0.3 is 0 Å². The number of nitrogens with zero attached hydrogens (tertiary/aromatic N) is 3. The molecule has 1 amide bonds. The standard InChI is InChI=1S/C16H29N3O2/c1-4-19(10-13(2)9-17)16(21)12-18(3)11-14-7-5-6-8-15(14)20/h13-15,20H,4-8,10-12H2,1-3H3. The lowest BCUT2D eigenvalue weighted by Gasteiger charge is -2.32. The first-order chi connectivity index (χ1) is 9.97. The van der Waals surface area contributed by atoms with Crippen LogP contribution in [0.4, 0.5) is 0 Å². The molecule has 120 valence electrons. The predicted octanol–water partition coefficient (Wildman–Crippen LogP) is 1.48. The molecule has 0 aromatic carbocycles. The number of nitriles is 1. The topological polar surface area (TPSA) is 67.6 Å². The molecule has 0 bridgehead atoms. The molecule has 0 radical (unpaired) electrons. The Morgan fingerprint density at radius 3 is 2.67 bits per heavy atom. The van der Waals surface area contributed by atoms with E-state index in [4.69, 9.17) is 5.26 Å². The Hall–Kier alpha value is -1.12. The zero-order valence-corrected chi connectivity index (χ0v) is 13.6. The van der Waals surface area contributed by atoms with Gasteiger partial charge in [0.15, 0.2) is 0 Å². The molecule has 0 saturated heterocycles. The summed E-state index contributed by atoms with van der Waals surface area (Å²) >= 11 is 0. The molecule has 1 N–H and O–H groups in total. The monoisotopic (exact) mass is 295 g/mol. The number of amides is 1. The molecule has 1 fully saturated rings. The fourth-order valence-corrected chi connectivity index (χ4v) is 2.98. The van der Waals surface area contributed by atoms with Crippen molar-refractivity contribution in [2.24, 2.45) is 11.8 Å². The van der Waals surface area contributed by atoms with Crippen LogP contribution in [0.5, 0.6) is 0 Å². The van der Waals surface area contributed by atoms with Crippen molar-refractivity contribution in [1.82, 2.24) is 9.80 Å². The van der Waals surface area contributed by atoms with Gasteiger partial charge in [-0.1, -0.05) is 12.8 Å². The van der Waals surface area contributed by atoms with E-state index in [1.165, 1.54) is 6.42 Å². The lowest BCUT2D eigenvalue weighted by molar-refractivity contribution is -0.132. The van der Waals surface area contributed by atoms with E-state index in [0.717, 1.165) is 25.8 Å². The maximum Gasteiger partial charge on any atom is 0.236 e. The van der Waals surface area contributed by atoms with Crippen molar-refractivity contribution in [3.63, 3.8) is 0 Å². The molecule has 3 atom stereocenters. The Balaban J connectivity index is 2.43. The normalized spacial score (nSPS) is 23.6. The van der Waals surface area contributed by atoms with Crippen molar-refractivity contribution in [1.29, 1.82) is 5.26 Å². The highest BCUT2D eigenvalue weighted by molar-refractivity contribution is 5.78. The summed E-state index contributed by atoms with van der Waals surface area (Å²) in [6.07, 6.45) is 3.98. The van der Waals surface area contributed by atoms with E-state index in [0.29, 0.717) is 19.6 Å². The molecule has 1 aliphatic rings. The molecule has 5 heteroatoms. The maximum absolute atomic E-state index is 12.3. The highest BCUT2D eigenvalue weighted by Gasteiger charge is 2.25. The molecular weight excluding hydrogens is 266 g/mol. The minimum absolute atomic E-state index is 0.0624. The smallest absolute Gasteiger partial charge is 0.236 e. The Labute approximate surface area is 128 Å². The van der Waals surface area contributed by atoms with Gasteiger partial charge in [-0.2, -0.15) is 5.26 Å². The Kier molecular flexibility index (Phi) is 7.69.